The molecule has 3 rings (SSSR count). The van der Waals surface area contributed by atoms with Crippen LogP contribution in [-0.4, -0.2) is 42.4 Å². The Hall–Kier alpha value is -1.59. The minimum atomic E-state index is -0.344. The maximum absolute atomic E-state index is 12.7. The Kier molecular flexibility index (Phi) is 6.02. The van der Waals surface area contributed by atoms with Crippen LogP contribution in [0.1, 0.15) is 36.9 Å². The van der Waals surface area contributed by atoms with Crippen LogP contribution in [0.3, 0.4) is 0 Å². The van der Waals surface area contributed by atoms with Gasteiger partial charge in [0.25, 0.3) is 0 Å². The maximum atomic E-state index is 12.7. The van der Waals surface area contributed by atoms with E-state index in [1.54, 1.807) is 0 Å². The van der Waals surface area contributed by atoms with Crippen LogP contribution in [0.4, 0.5) is 0 Å². The highest BCUT2D eigenvalue weighted by atomic mass is 35.5. The van der Waals surface area contributed by atoms with Gasteiger partial charge in [-0.25, -0.2) is 0 Å². The first kappa shape index (κ1) is 17.8. The van der Waals surface area contributed by atoms with Crippen molar-refractivity contribution >= 4 is 24.2 Å². The molecule has 0 saturated carbocycles. The Morgan fingerprint density at radius 2 is 2.04 bits per heavy atom. The number of benzene rings is 1. The number of carbonyl (C=O) groups is 2. The van der Waals surface area contributed by atoms with Crippen LogP contribution in [0.15, 0.2) is 24.3 Å². The maximum Gasteiger partial charge on any atom is 0.245 e. The number of hydrogen-bond donors (Lipinski definition) is 2. The van der Waals surface area contributed by atoms with Crippen LogP contribution in [0.5, 0.6) is 0 Å². The average Bonchev–Trinajstić information content (AvgIpc) is 3.01. The second-order valence-electron chi connectivity index (χ2n) is 6.01. The highest BCUT2D eigenvalue weighted by Gasteiger charge is 2.35. The lowest BCUT2D eigenvalue weighted by atomic mass is 10.00. The largest absolute Gasteiger partial charge is 0.344 e. The van der Waals surface area contributed by atoms with E-state index < -0.39 is 0 Å². The predicted molar refractivity (Wildman–Crippen MR) is 91.6 cm³/mol. The van der Waals surface area contributed by atoms with Crippen molar-refractivity contribution in [3.63, 3.8) is 0 Å². The number of hydrogen-bond acceptors (Lipinski definition) is 3. The van der Waals surface area contributed by atoms with E-state index in [1.807, 2.05) is 4.90 Å². The lowest BCUT2D eigenvalue weighted by molar-refractivity contribution is -0.137. The Bertz CT molecular complexity index is 561. The lowest BCUT2D eigenvalue weighted by Crippen LogP contribution is -2.53. The van der Waals surface area contributed by atoms with Gasteiger partial charge in [-0.15, -0.1) is 12.4 Å². The number of nitrogens with zero attached hydrogens (tertiary/aromatic N) is 1. The number of aryl methyl sites for hydroxylation is 1. The highest BCUT2D eigenvalue weighted by Crippen LogP contribution is 2.25. The molecule has 1 unspecified atom stereocenters. The molecule has 2 aliphatic rings. The van der Waals surface area contributed by atoms with Crippen molar-refractivity contribution in [3.05, 3.63) is 35.4 Å². The summed E-state index contributed by atoms with van der Waals surface area (Å²) in [6.07, 6.45) is 2.08. The fraction of sp³-hybridized carbons (Fsp3) is 0.529. The summed E-state index contributed by atoms with van der Waals surface area (Å²) in [5.41, 5.74) is 2.45. The Morgan fingerprint density at radius 3 is 2.65 bits per heavy atom. The van der Waals surface area contributed by atoms with E-state index in [4.69, 9.17) is 0 Å². The molecule has 0 bridgehead atoms. The van der Waals surface area contributed by atoms with Gasteiger partial charge in [-0.3, -0.25) is 9.59 Å². The summed E-state index contributed by atoms with van der Waals surface area (Å²) in [5.74, 6) is 0.0363. The molecule has 2 fully saturated rings. The third-order valence-corrected chi connectivity index (χ3v) is 4.59. The molecule has 5 nitrogen and oxygen atoms in total. The van der Waals surface area contributed by atoms with Crippen molar-refractivity contribution in [3.8, 4) is 0 Å². The van der Waals surface area contributed by atoms with E-state index in [0.717, 1.165) is 25.1 Å². The zero-order valence-corrected chi connectivity index (χ0v) is 14.2. The summed E-state index contributed by atoms with van der Waals surface area (Å²) >= 11 is 0. The van der Waals surface area contributed by atoms with E-state index in [-0.39, 0.29) is 36.3 Å². The Morgan fingerprint density at radius 1 is 1.30 bits per heavy atom. The number of amides is 2. The monoisotopic (exact) mass is 337 g/mol. The first-order valence-corrected chi connectivity index (χ1v) is 8.08. The van der Waals surface area contributed by atoms with Crippen molar-refractivity contribution in [2.75, 3.05) is 19.6 Å². The van der Waals surface area contributed by atoms with Crippen LogP contribution >= 0.6 is 12.4 Å². The van der Waals surface area contributed by atoms with Crippen LogP contribution < -0.4 is 10.6 Å². The standard InChI is InChI=1S/C17H23N3O2.ClH/c1-2-12-3-5-13(6-4-12)15-11-18-9-10-20(15)17(22)14-7-8-16(21)19-14;/h3-6,14-15,18H,2,7-11H2,1H3,(H,19,21);1H/t14-,15?;/m1./s1. The third-order valence-electron chi connectivity index (χ3n) is 4.59. The van der Waals surface area contributed by atoms with Crippen molar-refractivity contribution in [1.82, 2.24) is 15.5 Å². The van der Waals surface area contributed by atoms with E-state index in [1.165, 1.54) is 5.56 Å². The summed E-state index contributed by atoms with van der Waals surface area (Å²) in [6.45, 7) is 4.38. The van der Waals surface area contributed by atoms with E-state index >= 15 is 0 Å². The van der Waals surface area contributed by atoms with Crippen molar-refractivity contribution in [2.45, 2.75) is 38.3 Å². The molecule has 0 aliphatic carbocycles. The van der Waals surface area contributed by atoms with Gasteiger partial charge in [-0.2, -0.15) is 0 Å². The van der Waals surface area contributed by atoms with Crippen LogP contribution in [0.25, 0.3) is 0 Å². The molecule has 2 atom stereocenters. The molecule has 1 aromatic rings. The average molecular weight is 338 g/mol. The number of nitrogens with one attached hydrogen (secondary N) is 2. The SMILES string of the molecule is CCc1ccc(C2CNCCN2C(=O)[C@H]2CCC(=O)N2)cc1.Cl. The van der Waals surface area contributed by atoms with Gasteiger partial charge in [0.05, 0.1) is 6.04 Å². The normalized spacial score (nSPS) is 24.0. The van der Waals surface area contributed by atoms with Gasteiger partial charge in [0, 0.05) is 26.1 Å². The van der Waals surface area contributed by atoms with Gasteiger partial charge < -0.3 is 15.5 Å². The van der Waals surface area contributed by atoms with Crippen molar-refractivity contribution in [1.29, 1.82) is 0 Å². The van der Waals surface area contributed by atoms with E-state index in [0.29, 0.717) is 19.4 Å². The van der Waals surface area contributed by atoms with E-state index in [2.05, 4.69) is 41.8 Å². The van der Waals surface area contributed by atoms with Crippen LogP contribution in [0, 0.1) is 0 Å². The first-order chi connectivity index (χ1) is 10.7. The molecule has 0 radical (unpaired) electrons. The summed E-state index contributed by atoms with van der Waals surface area (Å²) in [5, 5.41) is 6.16. The molecule has 2 heterocycles. The fourth-order valence-corrected chi connectivity index (χ4v) is 3.24. The van der Waals surface area contributed by atoms with Crippen molar-refractivity contribution < 1.29 is 9.59 Å². The summed E-state index contributed by atoms with van der Waals surface area (Å²) in [7, 11) is 0. The molecule has 0 spiro atoms. The minimum absolute atomic E-state index is 0. The molecule has 23 heavy (non-hydrogen) atoms. The molecule has 2 amide bonds. The van der Waals surface area contributed by atoms with Gasteiger partial charge in [-0.1, -0.05) is 31.2 Å². The molecule has 0 aromatic heterocycles. The summed E-state index contributed by atoms with van der Waals surface area (Å²) in [6, 6.07) is 8.19. The molecule has 2 saturated heterocycles. The Balaban J connectivity index is 0.00000192. The zero-order chi connectivity index (χ0) is 15.5. The molecule has 1 aromatic carbocycles. The van der Waals surface area contributed by atoms with Gasteiger partial charge in [0.2, 0.25) is 11.8 Å². The second-order valence-corrected chi connectivity index (χ2v) is 6.01. The molecule has 2 N–H and O–H groups in total. The zero-order valence-electron chi connectivity index (χ0n) is 13.4. The first-order valence-electron chi connectivity index (χ1n) is 8.08. The van der Waals surface area contributed by atoms with Gasteiger partial charge in [-0.05, 0) is 24.0 Å². The number of halogens is 1. The number of carbonyl (C=O) groups excluding carboxylic acids is 2. The topological polar surface area (TPSA) is 61.4 Å². The third kappa shape index (κ3) is 3.85. The van der Waals surface area contributed by atoms with Crippen LogP contribution in [0.2, 0.25) is 0 Å². The molecule has 126 valence electrons. The second kappa shape index (κ2) is 7.79. The quantitative estimate of drug-likeness (QED) is 0.877. The predicted octanol–water partition coefficient (Wildman–Crippen LogP) is 1.42. The van der Waals surface area contributed by atoms with Gasteiger partial charge in [0.15, 0.2) is 0 Å². The number of rotatable bonds is 3. The van der Waals surface area contributed by atoms with Gasteiger partial charge in [0.1, 0.15) is 6.04 Å². The highest BCUT2D eigenvalue weighted by molar-refractivity contribution is 5.91. The van der Waals surface area contributed by atoms with Crippen molar-refractivity contribution in [2.24, 2.45) is 0 Å². The molecular weight excluding hydrogens is 314 g/mol. The van der Waals surface area contributed by atoms with E-state index in [9.17, 15) is 9.59 Å². The number of piperazine rings is 1. The smallest absolute Gasteiger partial charge is 0.245 e. The molecule has 6 heteroatoms. The fourth-order valence-electron chi connectivity index (χ4n) is 3.24. The molecule has 2 aliphatic heterocycles. The molecular formula is C17H24ClN3O2. The lowest BCUT2D eigenvalue weighted by Gasteiger charge is -2.38. The minimum Gasteiger partial charge on any atom is -0.344 e. The summed E-state index contributed by atoms with van der Waals surface area (Å²) in [4.78, 5) is 26.0. The Labute approximate surface area is 143 Å². The van der Waals surface area contributed by atoms with Gasteiger partial charge >= 0.3 is 0 Å². The van der Waals surface area contributed by atoms with Crippen LogP contribution in [-0.2, 0) is 16.0 Å². The summed E-state index contributed by atoms with van der Waals surface area (Å²) < 4.78 is 0.